The van der Waals surface area contributed by atoms with E-state index in [2.05, 4.69) is 40.6 Å². The molecule has 2 aromatic carbocycles. The van der Waals surface area contributed by atoms with Gasteiger partial charge in [-0.05, 0) is 86.7 Å². The van der Waals surface area contributed by atoms with Crippen LogP contribution in [0.1, 0.15) is 28.7 Å². The number of likely N-dealkylation sites (N-methyl/N-ethyl adjacent to an activating group) is 1. The summed E-state index contributed by atoms with van der Waals surface area (Å²) >= 11 is 0. The van der Waals surface area contributed by atoms with E-state index in [9.17, 15) is 12.8 Å². The highest BCUT2D eigenvalue weighted by atomic mass is 32.2. The molecule has 1 aliphatic carbocycles. The van der Waals surface area contributed by atoms with Crippen molar-refractivity contribution >= 4 is 15.7 Å². The van der Waals surface area contributed by atoms with Gasteiger partial charge >= 0.3 is 0 Å². The number of rotatable bonds is 4. The van der Waals surface area contributed by atoms with Crippen LogP contribution in [0.25, 0.3) is 0 Å². The summed E-state index contributed by atoms with van der Waals surface area (Å²) in [6.45, 7) is 7.79. The maximum absolute atomic E-state index is 13.4. The molecular formula is C23H30FN3O2S. The summed E-state index contributed by atoms with van der Waals surface area (Å²) in [5, 5.41) is 0. The maximum Gasteiger partial charge on any atom is 0.241 e. The standard InChI is InChI=1S/C23H30FN3O2S/c1-16-4-8-22(27-12-10-26(3)11-13-27)21-15-19(6-7-20(16)21)25-30(28,29)23-9-5-18(24)14-17(23)2/h4-5,8-9,14,19,25H,6-7,10-13,15H2,1-3H3/t19-/m1/s1. The summed E-state index contributed by atoms with van der Waals surface area (Å²) in [6.07, 6.45) is 2.30. The fourth-order valence-corrected chi connectivity index (χ4v) is 6.18. The second kappa shape index (κ2) is 8.29. The van der Waals surface area contributed by atoms with Gasteiger partial charge in [0.15, 0.2) is 0 Å². The van der Waals surface area contributed by atoms with Crippen LogP contribution in [-0.2, 0) is 22.9 Å². The minimum absolute atomic E-state index is 0.151. The average molecular weight is 432 g/mol. The highest BCUT2D eigenvalue weighted by Gasteiger charge is 2.29. The number of benzene rings is 2. The lowest BCUT2D eigenvalue weighted by Gasteiger charge is -2.37. The fraction of sp³-hybridized carbons (Fsp3) is 0.478. The molecule has 1 aliphatic heterocycles. The second-order valence-corrected chi connectivity index (χ2v) is 10.3. The Morgan fingerprint density at radius 1 is 1.00 bits per heavy atom. The molecule has 4 rings (SSSR count). The van der Waals surface area contributed by atoms with Gasteiger partial charge < -0.3 is 9.80 Å². The van der Waals surface area contributed by atoms with Crippen molar-refractivity contribution in [3.05, 3.63) is 58.4 Å². The molecule has 0 saturated carbocycles. The highest BCUT2D eigenvalue weighted by molar-refractivity contribution is 7.89. The molecule has 0 amide bonds. The molecule has 5 nitrogen and oxygen atoms in total. The zero-order chi connectivity index (χ0) is 21.5. The largest absolute Gasteiger partial charge is 0.369 e. The number of sulfonamides is 1. The third-order valence-electron chi connectivity index (χ3n) is 6.43. The lowest BCUT2D eigenvalue weighted by molar-refractivity contribution is 0.312. The molecule has 0 radical (unpaired) electrons. The SMILES string of the molecule is Cc1cc(F)ccc1S(=O)(=O)N[C@@H]1CCc2c(C)ccc(N3CCN(C)CC3)c2C1. The zero-order valence-electron chi connectivity index (χ0n) is 17.9. The lowest BCUT2D eigenvalue weighted by atomic mass is 9.84. The monoisotopic (exact) mass is 431 g/mol. The van der Waals surface area contributed by atoms with Crippen molar-refractivity contribution in [3.63, 3.8) is 0 Å². The molecule has 0 unspecified atom stereocenters. The van der Waals surface area contributed by atoms with Crippen LogP contribution < -0.4 is 9.62 Å². The summed E-state index contributed by atoms with van der Waals surface area (Å²) < 4.78 is 42.3. The molecule has 0 aromatic heterocycles. The minimum atomic E-state index is -3.70. The average Bonchev–Trinajstić information content (AvgIpc) is 2.68. The van der Waals surface area contributed by atoms with Crippen molar-refractivity contribution in [3.8, 4) is 0 Å². The first-order valence-electron chi connectivity index (χ1n) is 10.6. The predicted octanol–water partition coefficient (Wildman–Crippen LogP) is 3.03. The number of halogens is 1. The van der Waals surface area contributed by atoms with Gasteiger partial charge in [-0.1, -0.05) is 6.07 Å². The van der Waals surface area contributed by atoms with Crippen LogP contribution in [0, 0.1) is 19.7 Å². The third kappa shape index (κ3) is 4.24. The normalized spacial score (nSPS) is 20.3. The Balaban J connectivity index is 1.59. The van der Waals surface area contributed by atoms with Gasteiger partial charge in [-0.3, -0.25) is 0 Å². The van der Waals surface area contributed by atoms with Crippen LogP contribution in [0.2, 0.25) is 0 Å². The van der Waals surface area contributed by atoms with Gasteiger partial charge in [0, 0.05) is 37.9 Å². The van der Waals surface area contributed by atoms with Gasteiger partial charge in [0.2, 0.25) is 10.0 Å². The van der Waals surface area contributed by atoms with E-state index in [0.717, 1.165) is 39.0 Å². The second-order valence-electron chi connectivity index (χ2n) is 8.62. The van der Waals surface area contributed by atoms with Gasteiger partial charge in [-0.2, -0.15) is 0 Å². The fourth-order valence-electron chi connectivity index (χ4n) is 4.68. The number of fused-ring (bicyclic) bond motifs is 1. The number of hydrogen-bond acceptors (Lipinski definition) is 4. The first-order valence-corrected chi connectivity index (χ1v) is 12.1. The summed E-state index contributed by atoms with van der Waals surface area (Å²) in [5.74, 6) is -0.426. The molecule has 1 saturated heterocycles. The van der Waals surface area contributed by atoms with E-state index in [1.807, 2.05) is 0 Å². The Bertz CT molecular complexity index is 1050. The molecule has 30 heavy (non-hydrogen) atoms. The van der Waals surface area contributed by atoms with Crippen molar-refractivity contribution in [2.45, 2.75) is 44.0 Å². The molecule has 0 spiro atoms. The third-order valence-corrected chi connectivity index (χ3v) is 8.11. The van der Waals surface area contributed by atoms with Crippen LogP contribution in [0.15, 0.2) is 35.2 Å². The van der Waals surface area contributed by atoms with Crippen molar-refractivity contribution in [1.82, 2.24) is 9.62 Å². The summed E-state index contributed by atoms with van der Waals surface area (Å²) in [4.78, 5) is 4.91. The molecular weight excluding hydrogens is 401 g/mol. The van der Waals surface area contributed by atoms with Crippen LogP contribution in [0.3, 0.4) is 0 Å². The van der Waals surface area contributed by atoms with Crippen molar-refractivity contribution in [1.29, 1.82) is 0 Å². The van der Waals surface area contributed by atoms with Crippen molar-refractivity contribution < 1.29 is 12.8 Å². The van der Waals surface area contributed by atoms with Crippen LogP contribution in [-0.4, -0.2) is 52.6 Å². The van der Waals surface area contributed by atoms with E-state index >= 15 is 0 Å². The zero-order valence-corrected chi connectivity index (χ0v) is 18.7. The van der Waals surface area contributed by atoms with Crippen molar-refractivity contribution in [2.75, 3.05) is 38.1 Å². The van der Waals surface area contributed by atoms with Gasteiger partial charge in [0.1, 0.15) is 5.82 Å². The van der Waals surface area contributed by atoms with E-state index in [4.69, 9.17) is 0 Å². The molecule has 162 valence electrons. The molecule has 1 heterocycles. The minimum Gasteiger partial charge on any atom is -0.369 e. The number of anilines is 1. The molecule has 2 aromatic rings. The Hall–Kier alpha value is -1.96. The predicted molar refractivity (Wildman–Crippen MR) is 118 cm³/mol. The molecule has 2 aliphatic rings. The van der Waals surface area contributed by atoms with Gasteiger partial charge in [0.25, 0.3) is 0 Å². The first kappa shape index (κ1) is 21.3. The Morgan fingerprint density at radius 3 is 2.43 bits per heavy atom. The quantitative estimate of drug-likeness (QED) is 0.809. The van der Waals surface area contributed by atoms with E-state index in [1.165, 1.54) is 40.6 Å². The molecule has 1 N–H and O–H groups in total. The van der Waals surface area contributed by atoms with E-state index < -0.39 is 15.8 Å². The van der Waals surface area contributed by atoms with Crippen LogP contribution in [0.5, 0.6) is 0 Å². The number of aryl methyl sites for hydroxylation is 2. The number of nitrogens with zero attached hydrogens (tertiary/aromatic N) is 2. The maximum atomic E-state index is 13.4. The summed E-state index contributed by atoms with van der Waals surface area (Å²) in [5.41, 5.74) is 5.57. The number of piperazine rings is 1. The van der Waals surface area contributed by atoms with E-state index in [0.29, 0.717) is 12.0 Å². The topological polar surface area (TPSA) is 52.7 Å². The van der Waals surface area contributed by atoms with Crippen LogP contribution >= 0.6 is 0 Å². The Morgan fingerprint density at radius 2 is 1.73 bits per heavy atom. The Labute approximate surface area is 178 Å². The molecule has 0 bridgehead atoms. The van der Waals surface area contributed by atoms with Gasteiger partial charge in [-0.25, -0.2) is 17.5 Å². The van der Waals surface area contributed by atoms with Gasteiger partial charge in [-0.15, -0.1) is 0 Å². The van der Waals surface area contributed by atoms with Crippen LogP contribution in [0.4, 0.5) is 10.1 Å². The molecule has 1 atom stereocenters. The summed E-state index contributed by atoms with van der Waals surface area (Å²) in [7, 11) is -1.56. The smallest absolute Gasteiger partial charge is 0.241 e. The van der Waals surface area contributed by atoms with Gasteiger partial charge in [0.05, 0.1) is 4.90 Å². The first-order chi connectivity index (χ1) is 14.2. The Kier molecular flexibility index (Phi) is 5.88. The summed E-state index contributed by atoms with van der Waals surface area (Å²) in [6, 6.07) is 8.04. The number of nitrogens with one attached hydrogen (secondary N) is 1. The number of hydrogen-bond donors (Lipinski definition) is 1. The highest BCUT2D eigenvalue weighted by Crippen LogP contribution is 2.34. The van der Waals surface area contributed by atoms with E-state index in [1.54, 1.807) is 6.92 Å². The molecule has 7 heteroatoms. The lowest BCUT2D eigenvalue weighted by Crippen LogP contribution is -2.45. The van der Waals surface area contributed by atoms with E-state index in [-0.39, 0.29) is 10.9 Å². The molecule has 1 fully saturated rings. The van der Waals surface area contributed by atoms with Crippen molar-refractivity contribution in [2.24, 2.45) is 0 Å².